The van der Waals surface area contributed by atoms with Gasteiger partial charge in [-0.15, -0.1) is 0 Å². The highest BCUT2D eigenvalue weighted by atomic mass is 16.5. The molecule has 4 nitrogen and oxygen atoms in total. The molecule has 22 heavy (non-hydrogen) atoms. The number of ether oxygens (including phenoxy) is 2. The van der Waals surface area contributed by atoms with Crippen LogP contribution in [0.5, 0.6) is 11.5 Å². The smallest absolute Gasteiger partial charge is 0.161 e. The number of para-hydroxylation sites is 1. The highest BCUT2D eigenvalue weighted by Crippen LogP contribution is 2.34. The van der Waals surface area contributed by atoms with Gasteiger partial charge >= 0.3 is 0 Å². The van der Waals surface area contributed by atoms with Crippen LogP contribution in [0.1, 0.15) is 16.7 Å². The fourth-order valence-corrected chi connectivity index (χ4v) is 2.93. The van der Waals surface area contributed by atoms with Crippen LogP contribution in [-0.4, -0.2) is 20.8 Å². The zero-order valence-corrected chi connectivity index (χ0v) is 12.8. The molecule has 112 valence electrons. The molecule has 0 atom stereocenters. The molecule has 2 aromatic rings. The van der Waals surface area contributed by atoms with Crippen LogP contribution >= 0.6 is 0 Å². The van der Waals surface area contributed by atoms with Crippen LogP contribution in [0.4, 0.5) is 5.69 Å². The van der Waals surface area contributed by atoms with Crippen molar-refractivity contribution in [3.63, 3.8) is 0 Å². The molecule has 0 unspecified atom stereocenters. The molecule has 0 N–H and O–H groups in total. The van der Waals surface area contributed by atoms with Crippen LogP contribution in [0, 0.1) is 11.3 Å². The Labute approximate surface area is 130 Å². The summed E-state index contributed by atoms with van der Waals surface area (Å²) in [5.41, 5.74) is 4.21. The lowest BCUT2D eigenvalue weighted by Gasteiger charge is -2.31. The molecule has 0 fully saturated rings. The molecule has 0 saturated carbocycles. The van der Waals surface area contributed by atoms with Gasteiger partial charge in [0.15, 0.2) is 11.5 Å². The lowest BCUT2D eigenvalue weighted by molar-refractivity contribution is 0.353. The molecule has 0 aromatic heterocycles. The van der Waals surface area contributed by atoms with Crippen molar-refractivity contribution >= 4 is 5.69 Å². The van der Waals surface area contributed by atoms with E-state index in [2.05, 4.69) is 17.0 Å². The number of hydrogen-bond acceptors (Lipinski definition) is 4. The summed E-state index contributed by atoms with van der Waals surface area (Å²) in [5.74, 6) is 1.52. The number of methoxy groups -OCH3 is 2. The van der Waals surface area contributed by atoms with Crippen molar-refractivity contribution in [1.29, 1.82) is 5.26 Å². The van der Waals surface area contributed by atoms with Crippen LogP contribution in [0.15, 0.2) is 36.4 Å². The first-order valence-electron chi connectivity index (χ1n) is 7.24. The summed E-state index contributed by atoms with van der Waals surface area (Å²) in [5, 5.41) is 9.28. The summed E-state index contributed by atoms with van der Waals surface area (Å²) in [6, 6.07) is 14.1. The first kappa shape index (κ1) is 14.3. The van der Waals surface area contributed by atoms with Crippen molar-refractivity contribution in [3.8, 4) is 17.6 Å². The van der Waals surface area contributed by atoms with Crippen molar-refractivity contribution in [3.05, 3.63) is 53.1 Å². The first-order chi connectivity index (χ1) is 10.8. The largest absolute Gasteiger partial charge is 0.493 e. The van der Waals surface area contributed by atoms with Crippen molar-refractivity contribution in [2.24, 2.45) is 0 Å². The van der Waals surface area contributed by atoms with Gasteiger partial charge in [-0.3, -0.25) is 0 Å². The number of anilines is 1. The van der Waals surface area contributed by atoms with Crippen LogP contribution < -0.4 is 14.4 Å². The van der Waals surface area contributed by atoms with Gasteiger partial charge in [-0.2, -0.15) is 5.26 Å². The monoisotopic (exact) mass is 294 g/mol. The molecular weight excluding hydrogens is 276 g/mol. The third-order valence-electron chi connectivity index (χ3n) is 4.08. The number of fused-ring (bicyclic) bond motifs is 1. The summed E-state index contributed by atoms with van der Waals surface area (Å²) in [7, 11) is 3.30. The Morgan fingerprint density at radius 2 is 1.73 bits per heavy atom. The van der Waals surface area contributed by atoms with Gasteiger partial charge in [-0.25, -0.2) is 0 Å². The summed E-state index contributed by atoms with van der Waals surface area (Å²) in [6.45, 7) is 1.66. The van der Waals surface area contributed by atoms with Crippen LogP contribution in [0.25, 0.3) is 0 Å². The Hall–Kier alpha value is -2.67. The van der Waals surface area contributed by atoms with E-state index < -0.39 is 0 Å². The van der Waals surface area contributed by atoms with Gasteiger partial charge in [0.05, 0.1) is 25.5 Å². The molecule has 2 aromatic carbocycles. The van der Waals surface area contributed by atoms with Crippen molar-refractivity contribution in [2.45, 2.75) is 13.0 Å². The lowest BCUT2D eigenvalue weighted by atomic mass is 9.97. The fraction of sp³-hybridized carbons (Fsp3) is 0.278. The average Bonchev–Trinajstić information content (AvgIpc) is 2.59. The molecular formula is C18H18N2O2. The molecule has 1 aliphatic heterocycles. The number of nitrogens with zero attached hydrogens (tertiary/aromatic N) is 2. The summed E-state index contributed by atoms with van der Waals surface area (Å²) >= 11 is 0. The number of benzene rings is 2. The maximum atomic E-state index is 9.28. The van der Waals surface area contributed by atoms with Crippen LogP contribution in [0.3, 0.4) is 0 Å². The minimum atomic E-state index is 0.714. The van der Waals surface area contributed by atoms with Crippen LogP contribution in [-0.2, 0) is 13.0 Å². The van der Waals surface area contributed by atoms with E-state index in [1.54, 1.807) is 14.2 Å². The third kappa shape index (κ3) is 2.46. The average molecular weight is 294 g/mol. The highest BCUT2D eigenvalue weighted by molar-refractivity contribution is 5.61. The topological polar surface area (TPSA) is 45.5 Å². The van der Waals surface area contributed by atoms with E-state index in [4.69, 9.17) is 9.47 Å². The van der Waals surface area contributed by atoms with Gasteiger partial charge in [0.25, 0.3) is 0 Å². The Bertz CT molecular complexity index is 734. The summed E-state index contributed by atoms with van der Waals surface area (Å²) in [4.78, 5) is 2.24. The molecule has 3 rings (SSSR count). The number of nitriles is 1. The van der Waals surface area contributed by atoms with Crippen molar-refractivity contribution in [1.82, 2.24) is 0 Å². The summed E-state index contributed by atoms with van der Waals surface area (Å²) < 4.78 is 10.8. The normalized spacial score (nSPS) is 13.2. The summed E-state index contributed by atoms with van der Waals surface area (Å²) in [6.07, 6.45) is 0.926. The predicted octanol–water partition coefficient (Wildman–Crippen LogP) is 3.14. The van der Waals surface area contributed by atoms with Crippen LogP contribution in [0.2, 0.25) is 0 Å². The van der Waals surface area contributed by atoms with Gasteiger partial charge < -0.3 is 14.4 Å². The minimum absolute atomic E-state index is 0.714. The Morgan fingerprint density at radius 1 is 1.05 bits per heavy atom. The second-order valence-electron chi connectivity index (χ2n) is 5.28. The van der Waals surface area contributed by atoms with E-state index in [-0.39, 0.29) is 0 Å². The quantitative estimate of drug-likeness (QED) is 0.872. The first-order valence-corrected chi connectivity index (χ1v) is 7.24. The van der Waals surface area contributed by atoms with Crippen molar-refractivity contribution in [2.75, 3.05) is 25.7 Å². The second kappa shape index (κ2) is 5.98. The zero-order chi connectivity index (χ0) is 15.5. The molecule has 1 heterocycles. The van der Waals surface area contributed by atoms with E-state index in [0.29, 0.717) is 5.56 Å². The predicted molar refractivity (Wildman–Crippen MR) is 85.5 cm³/mol. The molecule has 1 aliphatic rings. The standard InChI is InChI=1S/C18H18N2O2/c1-21-17-9-13-7-8-20(12-15(13)10-18(17)22-2)16-6-4-3-5-14(16)11-19/h3-6,9-10H,7-8,12H2,1-2H3. The lowest BCUT2D eigenvalue weighted by Crippen LogP contribution is -2.31. The van der Waals surface area contributed by atoms with Gasteiger partial charge in [0, 0.05) is 13.1 Å². The maximum Gasteiger partial charge on any atom is 0.161 e. The Balaban J connectivity index is 1.95. The fourth-order valence-electron chi connectivity index (χ4n) is 2.93. The molecule has 0 saturated heterocycles. The molecule has 0 aliphatic carbocycles. The van der Waals surface area contributed by atoms with E-state index in [0.717, 1.165) is 36.7 Å². The van der Waals surface area contributed by atoms with E-state index in [1.165, 1.54) is 11.1 Å². The van der Waals surface area contributed by atoms with E-state index in [1.807, 2.05) is 30.3 Å². The zero-order valence-electron chi connectivity index (χ0n) is 12.8. The molecule has 0 spiro atoms. The molecule has 0 bridgehead atoms. The van der Waals surface area contributed by atoms with Crippen molar-refractivity contribution < 1.29 is 9.47 Å². The Morgan fingerprint density at radius 3 is 2.41 bits per heavy atom. The van der Waals surface area contributed by atoms with E-state index >= 15 is 0 Å². The number of hydrogen-bond donors (Lipinski definition) is 0. The van der Waals surface area contributed by atoms with Gasteiger partial charge in [0.1, 0.15) is 6.07 Å². The molecule has 4 heteroatoms. The van der Waals surface area contributed by atoms with E-state index in [9.17, 15) is 5.26 Å². The molecule has 0 amide bonds. The number of rotatable bonds is 3. The SMILES string of the molecule is COc1cc2c(cc1OC)CN(c1ccccc1C#N)CC2. The minimum Gasteiger partial charge on any atom is -0.493 e. The highest BCUT2D eigenvalue weighted by Gasteiger charge is 2.21. The second-order valence-corrected chi connectivity index (χ2v) is 5.28. The maximum absolute atomic E-state index is 9.28. The Kier molecular flexibility index (Phi) is 3.88. The third-order valence-corrected chi connectivity index (χ3v) is 4.08. The van der Waals surface area contributed by atoms with Gasteiger partial charge in [-0.1, -0.05) is 12.1 Å². The van der Waals surface area contributed by atoms with Gasteiger partial charge in [-0.05, 0) is 41.8 Å². The molecule has 0 radical (unpaired) electrons. The van der Waals surface area contributed by atoms with Gasteiger partial charge in [0.2, 0.25) is 0 Å².